The van der Waals surface area contributed by atoms with E-state index in [2.05, 4.69) is 6.08 Å². The lowest BCUT2D eigenvalue weighted by Gasteiger charge is -2.18. The van der Waals surface area contributed by atoms with Crippen molar-refractivity contribution in [3.05, 3.63) is 70.8 Å². The molecule has 0 radical (unpaired) electrons. The number of benzene rings is 2. The molecule has 2 atom stereocenters. The number of hydrogen-bond donors (Lipinski definition) is 0. The van der Waals surface area contributed by atoms with Gasteiger partial charge in [-0.3, -0.25) is 19.3 Å². The zero-order valence-electron chi connectivity index (χ0n) is 17.5. The summed E-state index contributed by atoms with van der Waals surface area (Å²) in [6, 6.07) is 12.4. The second kappa shape index (κ2) is 7.90. The van der Waals surface area contributed by atoms with E-state index >= 15 is 0 Å². The van der Waals surface area contributed by atoms with Gasteiger partial charge in [-0.25, -0.2) is 0 Å². The van der Waals surface area contributed by atoms with Crippen LogP contribution < -0.4 is 9.64 Å². The fourth-order valence-electron chi connectivity index (χ4n) is 4.13. The number of imide groups is 1. The highest BCUT2D eigenvalue weighted by Crippen LogP contribution is 2.39. The number of carbonyl (C=O) groups is 3. The molecule has 0 bridgehead atoms. The van der Waals surface area contributed by atoms with E-state index in [9.17, 15) is 14.4 Å². The molecule has 2 aromatic carbocycles. The third kappa shape index (κ3) is 3.67. The molecule has 30 heavy (non-hydrogen) atoms. The van der Waals surface area contributed by atoms with Crippen molar-refractivity contribution in [2.75, 3.05) is 11.5 Å². The molecular weight excluding hydrogens is 378 g/mol. The molecule has 2 amide bonds. The fraction of sp³-hybridized carbons (Fsp3) is 0.320. The van der Waals surface area contributed by atoms with Gasteiger partial charge < -0.3 is 4.74 Å². The van der Waals surface area contributed by atoms with Gasteiger partial charge in [-0.1, -0.05) is 23.8 Å². The Kier molecular flexibility index (Phi) is 5.29. The number of ketones is 1. The number of rotatable bonds is 5. The summed E-state index contributed by atoms with van der Waals surface area (Å²) in [5, 5.41) is 0. The van der Waals surface area contributed by atoms with Crippen LogP contribution in [0.3, 0.4) is 0 Å². The molecule has 5 heteroatoms. The van der Waals surface area contributed by atoms with Gasteiger partial charge in [0.2, 0.25) is 11.8 Å². The summed E-state index contributed by atoms with van der Waals surface area (Å²) in [4.78, 5) is 39.3. The largest absolute Gasteiger partial charge is 0.485 e. The van der Waals surface area contributed by atoms with Crippen LogP contribution in [0.15, 0.2) is 54.1 Å². The number of aryl methyl sites for hydroxylation is 2. The van der Waals surface area contributed by atoms with Gasteiger partial charge >= 0.3 is 0 Å². The molecule has 1 heterocycles. The third-order valence-electron chi connectivity index (χ3n) is 6.12. The van der Waals surface area contributed by atoms with E-state index in [1.807, 2.05) is 32.9 Å². The van der Waals surface area contributed by atoms with E-state index in [1.165, 1.54) is 4.90 Å². The summed E-state index contributed by atoms with van der Waals surface area (Å²) in [6.45, 7) is 5.91. The van der Waals surface area contributed by atoms with E-state index in [4.69, 9.17) is 4.74 Å². The van der Waals surface area contributed by atoms with Crippen molar-refractivity contribution in [1.82, 2.24) is 0 Å². The van der Waals surface area contributed by atoms with Crippen molar-refractivity contribution in [2.24, 2.45) is 11.8 Å². The van der Waals surface area contributed by atoms with E-state index in [0.717, 1.165) is 16.7 Å². The highest BCUT2D eigenvalue weighted by molar-refractivity contribution is 6.22. The van der Waals surface area contributed by atoms with Crippen LogP contribution in [0, 0.1) is 25.7 Å². The Morgan fingerprint density at radius 2 is 1.67 bits per heavy atom. The van der Waals surface area contributed by atoms with Gasteiger partial charge in [-0.2, -0.15) is 0 Å². The molecule has 1 aliphatic heterocycles. The maximum absolute atomic E-state index is 12.8. The molecule has 2 aromatic rings. The second-order valence-corrected chi connectivity index (χ2v) is 8.22. The predicted octanol–water partition coefficient (Wildman–Crippen LogP) is 4.41. The average molecular weight is 403 g/mol. The fourth-order valence-corrected chi connectivity index (χ4v) is 4.13. The summed E-state index contributed by atoms with van der Waals surface area (Å²) in [7, 11) is 0. The number of nitrogens with zero attached hydrogens (tertiary/aromatic N) is 1. The van der Waals surface area contributed by atoms with Gasteiger partial charge in [-0.15, -0.1) is 0 Å². The number of amides is 2. The number of Topliss-reactive ketones (excluding diaryl/α,β-unsaturated/α-hetero) is 1. The van der Waals surface area contributed by atoms with E-state index in [-0.39, 0.29) is 36.0 Å². The number of carbonyl (C=O) groups excluding carboxylic acids is 3. The Bertz CT molecular complexity index is 1050. The van der Waals surface area contributed by atoms with Gasteiger partial charge in [0, 0.05) is 5.56 Å². The van der Waals surface area contributed by atoms with Crippen LogP contribution in [0.25, 0.3) is 0 Å². The first kappa shape index (κ1) is 20.1. The van der Waals surface area contributed by atoms with E-state index in [1.54, 1.807) is 30.3 Å². The van der Waals surface area contributed by atoms with Crippen molar-refractivity contribution in [3.63, 3.8) is 0 Å². The van der Waals surface area contributed by atoms with Crippen LogP contribution >= 0.6 is 0 Å². The highest BCUT2D eigenvalue weighted by Gasteiger charge is 2.48. The number of fused-ring (bicyclic) bond motifs is 1. The lowest BCUT2D eigenvalue weighted by atomic mass is 9.82. The van der Waals surface area contributed by atoms with Crippen LogP contribution in [0.1, 0.15) is 41.3 Å². The number of hydrogen-bond acceptors (Lipinski definition) is 4. The van der Waals surface area contributed by atoms with Crippen molar-refractivity contribution >= 4 is 23.3 Å². The SMILES string of the molecule is CC1=CC[C@@H]2C(=O)N(c3ccc(OCC(=O)c4ccc(C)c(C)c4)cc3)C(=O)[C@H]2C1. The van der Waals surface area contributed by atoms with Crippen molar-refractivity contribution < 1.29 is 19.1 Å². The molecule has 0 aromatic heterocycles. The zero-order valence-corrected chi connectivity index (χ0v) is 17.5. The topological polar surface area (TPSA) is 63.7 Å². The molecular formula is C25H25NO4. The molecule has 1 aliphatic carbocycles. The standard InChI is InChI=1S/C25H25NO4/c1-15-4-11-21-22(12-15)25(29)26(24(21)28)19-7-9-20(10-8-19)30-14-23(27)18-6-5-16(2)17(3)13-18/h4-10,13,21-22H,11-12,14H2,1-3H3/t21-,22-/m0/s1. The van der Waals surface area contributed by atoms with Crippen LogP contribution in [0.5, 0.6) is 5.75 Å². The molecule has 1 fully saturated rings. The monoisotopic (exact) mass is 403 g/mol. The Morgan fingerprint density at radius 1 is 0.967 bits per heavy atom. The molecule has 4 rings (SSSR count). The van der Waals surface area contributed by atoms with Crippen molar-refractivity contribution in [1.29, 1.82) is 0 Å². The predicted molar refractivity (Wildman–Crippen MR) is 115 cm³/mol. The summed E-state index contributed by atoms with van der Waals surface area (Å²) >= 11 is 0. The molecule has 1 saturated heterocycles. The van der Waals surface area contributed by atoms with E-state index < -0.39 is 0 Å². The second-order valence-electron chi connectivity index (χ2n) is 8.22. The molecule has 5 nitrogen and oxygen atoms in total. The van der Waals surface area contributed by atoms with Crippen LogP contribution in [-0.2, 0) is 9.59 Å². The normalized spacial score (nSPS) is 20.8. The minimum atomic E-state index is -0.257. The molecule has 0 saturated carbocycles. The van der Waals surface area contributed by atoms with Crippen molar-refractivity contribution in [3.8, 4) is 5.75 Å². The molecule has 0 N–H and O–H groups in total. The van der Waals surface area contributed by atoms with Crippen LogP contribution in [-0.4, -0.2) is 24.2 Å². The van der Waals surface area contributed by atoms with Gasteiger partial charge in [0.15, 0.2) is 12.4 Å². The number of anilines is 1. The minimum Gasteiger partial charge on any atom is -0.485 e. The Balaban J connectivity index is 1.42. The first-order chi connectivity index (χ1) is 14.3. The highest BCUT2D eigenvalue weighted by atomic mass is 16.5. The van der Waals surface area contributed by atoms with Gasteiger partial charge in [0.1, 0.15) is 5.75 Å². The molecule has 0 spiro atoms. The average Bonchev–Trinajstić information content (AvgIpc) is 2.98. The Labute approximate surface area is 176 Å². The first-order valence-corrected chi connectivity index (χ1v) is 10.2. The lowest BCUT2D eigenvalue weighted by Crippen LogP contribution is -2.30. The number of ether oxygens (including phenoxy) is 1. The quantitative estimate of drug-likeness (QED) is 0.421. The summed E-state index contributed by atoms with van der Waals surface area (Å²) in [6.07, 6.45) is 3.33. The maximum atomic E-state index is 12.8. The maximum Gasteiger partial charge on any atom is 0.238 e. The summed E-state index contributed by atoms with van der Waals surface area (Å²) < 4.78 is 5.63. The van der Waals surface area contributed by atoms with E-state index in [0.29, 0.717) is 29.8 Å². The van der Waals surface area contributed by atoms with Crippen LogP contribution in [0.2, 0.25) is 0 Å². The Hall–Kier alpha value is -3.21. The molecule has 2 aliphatic rings. The molecule has 0 unspecified atom stereocenters. The third-order valence-corrected chi connectivity index (χ3v) is 6.12. The van der Waals surface area contributed by atoms with Gasteiger partial charge in [0.25, 0.3) is 0 Å². The summed E-state index contributed by atoms with van der Waals surface area (Å²) in [5.41, 5.74) is 4.53. The van der Waals surface area contributed by atoms with Crippen LogP contribution in [0.4, 0.5) is 5.69 Å². The van der Waals surface area contributed by atoms with Gasteiger partial charge in [-0.05, 0) is 75.1 Å². The van der Waals surface area contributed by atoms with Crippen molar-refractivity contribution in [2.45, 2.75) is 33.6 Å². The van der Waals surface area contributed by atoms with Gasteiger partial charge in [0.05, 0.1) is 17.5 Å². The minimum absolute atomic E-state index is 0.0709. The first-order valence-electron chi connectivity index (χ1n) is 10.2. The molecule has 154 valence electrons. The Morgan fingerprint density at radius 3 is 2.37 bits per heavy atom. The lowest BCUT2D eigenvalue weighted by molar-refractivity contribution is -0.122. The summed E-state index contributed by atoms with van der Waals surface area (Å²) in [5.74, 6) is -0.353. The smallest absolute Gasteiger partial charge is 0.238 e. The zero-order chi connectivity index (χ0) is 21.4. The number of allylic oxidation sites excluding steroid dienone is 2.